The highest BCUT2D eigenvalue weighted by Gasteiger charge is 2.04. The molecular weight excluding hydrogens is 294 g/mol. The van der Waals surface area contributed by atoms with E-state index in [1.807, 2.05) is 30.3 Å². The van der Waals surface area contributed by atoms with Crippen LogP contribution in [0.25, 0.3) is 0 Å². The third-order valence-electron chi connectivity index (χ3n) is 3.30. The van der Waals surface area contributed by atoms with E-state index in [2.05, 4.69) is 5.32 Å². The molecule has 5 heteroatoms. The molecule has 0 saturated carbocycles. The summed E-state index contributed by atoms with van der Waals surface area (Å²) in [5.41, 5.74) is 1.81. The summed E-state index contributed by atoms with van der Waals surface area (Å²) in [6.45, 7) is 0.939. The average Bonchev–Trinajstić information content (AvgIpc) is 2.53. The second-order valence-electron chi connectivity index (χ2n) is 5.22. The van der Waals surface area contributed by atoms with Gasteiger partial charge in [0.1, 0.15) is 18.6 Å². The largest absolute Gasteiger partial charge is 0.492 e. The summed E-state index contributed by atoms with van der Waals surface area (Å²) >= 11 is 0. The van der Waals surface area contributed by atoms with E-state index in [4.69, 9.17) is 9.84 Å². The molecule has 0 heterocycles. The first kappa shape index (κ1) is 17.0. The molecule has 23 heavy (non-hydrogen) atoms. The summed E-state index contributed by atoms with van der Waals surface area (Å²) in [5, 5.41) is 21.6. The number of carbonyl (C=O) groups is 1. The van der Waals surface area contributed by atoms with Gasteiger partial charge >= 0.3 is 5.97 Å². The van der Waals surface area contributed by atoms with Crippen molar-refractivity contribution in [2.45, 2.75) is 19.1 Å². The molecule has 1 atom stereocenters. The highest BCUT2D eigenvalue weighted by molar-refractivity contribution is 5.70. The number of aliphatic carboxylic acids is 1. The number of carboxylic acid groups (broad SMARTS) is 1. The summed E-state index contributed by atoms with van der Waals surface area (Å²) in [6.07, 6.45) is -0.0583. The summed E-state index contributed by atoms with van der Waals surface area (Å²) in [4.78, 5) is 10.6. The van der Waals surface area contributed by atoms with Crippen LogP contribution in [0.1, 0.15) is 11.1 Å². The molecule has 0 fully saturated rings. The van der Waals surface area contributed by atoms with Gasteiger partial charge in [0, 0.05) is 13.0 Å². The lowest BCUT2D eigenvalue weighted by molar-refractivity contribution is -0.136. The Balaban J connectivity index is 1.66. The van der Waals surface area contributed by atoms with Crippen molar-refractivity contribution in [1.29, 1.82) is 0 Å². The number of ether oxygens (including phenoxy) is 1. The van der Waals surface area contributed by atoms with Gasteiger partial charge in [0.05, 0.1) is 6.42 Å². The summed E-state index contributed by atoms with van der Waals surface area (Å²) < 4.78 is 5.55. The Bertz CT molecular complexity index is 598. The van der Waals surface area contributed by atoms with Crippen molar-refractivity contribution < 1.29 is 19.7 Å². The minimum Gasteiger partial charge on any atom is -0.492 e. The fraction of sp³-hybridized carbons (Fsp3) is 0.278. The molecule has 5 nitrogen and oxygen atoms in total. The van der Waals surface area contributed by atoms with E-state index in [0.717, 1.165) is 11.1 Å². The Hall–Kier alpha value is -2.37. The third-order valence-corrected chi connectivity index (χ3v) is 3.30. The quantitative estimate of drug-likeness (QED) is 0.486. The van der Waals surface area contributed by atoms with Crippen LogP contribution < -0.4 is 10.1 Å². The molecular formula is C18H21NO4. The number of hydrogen-bond donors (Lipinski definition) is 3. The molecule has 1 unspecified atom stereocenters. The highest BCUT2D eigenvalue weighted by Crippen LogP contribution is 2.12. The summed E-state index contributed by atoms with van der Waals surface area (Å²) in [7, 11) is 0. The normalized spacial score (nSPS) is 11.9. The predicted octanol–water partition coefficient (Wildman–Crippen LogP) is 1.84. The first-order valence-corrected chi connectivity index (χ1v) is 7.52. The molecule has 2 aromatic rings. The number of benzene rings is 2. The molecule has 0 radical (unpaired) electrons. The molecule has 0 amide bonds. The van der Waals surface area contributed by atoms with Gasteiger partial charge in [0.15, 0.2) is 0 Å². The maximum atomic E-state index is 10.6. The molecule has 122 valence electrons. The molecule has 0 saturated heterocycles. The Morgan fingerprint density at radius 2 is 1.74 bits per heavy atom. The van der Waals surface area contributed by atoms with Crippen LogP contribution in [0, 0.1) is 0 Å². The number of nitrogens with one attached hydrogen (secondary N) is 1. The molecule has 3 N–H and O–H groups in total. The van der Waals surface area contributed by atoms with E-state index in [-0.39, 0.29) is 6.42 Å². The van der Waals surface area contributed by atoms with E-state index < -0.39 is 12.2 Å². The van der Waals surface area contributed by atoms with E-state index in [1.165, 1.54) is 0 Å². The van der Waals surface area contributed by atoms with Crippen molar-refractivity contribution in [1.82, 2.24) is 5.32 Å². The maximum absolute atomic E-state index is 10.6. The van der Waals surface area contributed by atoms with Crippen LogP contribution in [0.2, 0.25) is 0 Å². The zero-order valence-corrected chi connectivity index (χ0v) is 12.8. The van der Waals surface area contributed by atoms with Crippen molar-refractivity contribution in [3.63, 3.8) is 0 Å². The van der Waals surface area contributed by atoms with E-state index in [0.29, 0.717) is 25.3 Å². The lowest BCUT2D eigenvalue weighted by Crippen LogP contribution is -2.34. The number of hydrogen-bond acceptors (Lipinski definition) is 4. The second kappa shape index (κ2) is 8.92. The monoisotopic (exact) mass is 315 g/mol. The summed E-state index contributed by atoms with van der Waals surface area (Å²) in [6, 6.07) is 16.7. The SMILES string of the molecule is O=C(O)Cc1ccc(OCCNC(O)Cc2ccccc2)cc1. The predicted molar refractivity (Wildman–Crippen MR) is 87.4 cm³/mol. The first-order valence-electron chi connectivity index (χ1n) is 7.52. The van der Waals surface area contributed by atoms with Crippen molar-refractivity contribution in [2.75, 3.05) is 13.2 Å². The standard InChI is InChI=1S/C18H21NO4/c20-17(12-14-4-2-1-3-5-14)19-10-11-23-16-8-6-15(7-9-16)13-18(21)22/h1-9,17,19-20H,10-13H2,(H,21,22). The van der Waals surface area contributed by atoms with E-state index in [1.54, 1.807) is 24.3 Å². The van der Waals surface area contributed by atoms with Crippen molar-refractivity contribution in [2.24, 2.45) is 0 Å². The van der Waals surface area contributed by atoms with Crippen LogP contribution in [-0.4, -0.2) is 35.6 Å². The molecule has 0 aliphatic heterocycles. The maximum Gasteiger partial charge on any atom is 0.307 e. The zero-order chi connectivity index (χ0) is 16.5. The van der Waals surface area contributed by atoms with Crippen LogP contribution in [0.4, 0.5) is 0 Å². The van der Waals surface area contributed by atoms with Crippen molar-refractivity contribution >= 4 is 5.97 Å². The van der Waals surface area contributed by atoms with Crippen LogP contribution in [0.3, 0.4) is 0 Å². The van der Waals surface area contributed by atoms with Gasteiger partial charge in [-0.15, -0.1) is 0 Å². The van der Waals surface area contributed by atoms with Gasteiger partial charge in [0.2, 0.25) is 0 Å². The fourth-order valence-electron chi connectivity index (χ4n) is 2.18. The van der Waals surface area contributed by atoms with Gasteiger partial charge in [-0.2, -0.15) is 0 Å². The Kier molecular flexibility index (Phi) is 6.59. The molecule has 0 aromatic heterocycles. The molecule has 0 bridgehead atoms. The summed E-state index contributed by atoms with van der Waals surface area (Å²) in [5.74, 6) is -0.172. The van der Waals surface area contributed by atoms with E-state index >= 15 is 0 Å². The number of aliphatic hydroxyl groups is 1. The molecule has 0 spiro atoms. The van der Waals surface area contributed by atoms with Gasteiger partial charge < -0.3 is 14.9 Å². The Morgan fingerprint density at radius 3 is 2.39 bits per heavy atom. The molecule has 2 rings (SSSR count). The van der Waals surface area contributed by atoms with Gasteiger partial charge in [-0.05, 0) is 23.3 Å². The number of rotatable bonds is 9. The zero-order valence-electron chi connectivity index (χ0n) is 12.8. The van der Waals surface area contributed by atoms with Crippen LogP contribution in [0.5, 0.6) is 5.75 Å². The van der Waals surface area contributed by atoms with Crippen LogP contribution in [-0.2, 0) is 17.6 Å². The second-order valence-corrected chi connectivity index (χ2v) is 5.22. The highest BCUT2D eigenvalue weighted by atomic mass is 16.5. The first-order chi connectivity index (χ1) is 11.1. The van der Waals surface area contributed by atoms with Gasteiger partial charge in [0.25, 0.3) is 0 Å². The van der Waals surface area contributed by atoms with Gasteiger partial charge in [-0.3, -0.25) is 10.1 Å². The van der Waals surface area contributed by atoms with Crippen LogP contribution >= 0.6 is 0 Å². The van der Waals surface area contributed by atoms with E-state index in [9.17, 15) is 9.90 Å². The Morgan fingerprint density at radius 1 is 1.04 bits per heavy atom. The van der Waals surface area contributed by atoms with Gasteiger partial charge in [-0.1, -0.05) is 42.5 Å². The molecule has 0 aliphatic carbocycles. The number of carboxylic acids is 1. The average molecular weight is 315 g/mol. The Labute approximate surface area is 135 Å². The van der Waals surface area contributed by atoms with Crippen molar-refractivity contribution in [3.8, 4) is 5.75 Å². The van der Waals surface area contributed by atoms with Crippen molar-refractivity contribution in [3.05, 3.63) is 65.7 Å². The fourth-order valence-corrected chi connectivity index (χ4v) is 2.18. The van der Waals surface area contributed by atoms with Crippen LogP contribution in [0.15, 0.2) is 54.6 Å². The number of aliphatic hydroxyl groups excluding tert-OH is 1. The third kappa shape index (κ3) is 6.50. The minimum absolute atomic E-state index is 0.00745. The lowest BCUT2D eigenvalue weighted by atomic mass is 10.1. The van der Waals surface area contributed by atoms with Gasteiger partial charge in [-0.25, -0.2) is 0 Å². The molecule has 2 aromatic carbocycles. The lowest BCUT2D eigenvalue weighted by Gasteiger charge is -2.13. The smallest absolute Gasteiger partial charge is 0.307 e. The molecule has 0 aliphatic rings. The topological polar surface area (TPSA) is 78.8 Å². The minimum atomic E-state index is -0.852.